The summed E-state index contributed by atoms with van der Waals surface area (Å²) in [5.41, 5.74) is 0. The van der Waals surface area contributed by atoms with E-state index < -0.39 is 5.97 Å². The van der Waals surface area contributed by atoms with Crippen molar-refractivity contribution in [3.8, 4) is 0 Å². The standard InChI is InChI=1S/C6H10O2S2/c1-2-4-9-10-5-3-6(7)8/h2,4H,3,5H2,1H3,(H,7,8)/b4-2+. The van der Waals surface area contributed by atoms with Gasteiger partial charge in [0, 0.05) is 5.75 Å². The minimum absolute atomic E-state index is 0.245. The van der Waals surface area contributed by atoms with Gasteiger partial charge in [0.05, 0.1) is 6.42 Å². The van der Waals surface area contributed by atoms with Crippen molar-refractivity contribution in [2.24, 2.45) is 0 Å². The van der Waals surface area contributed by atoms with Crippen molar-refractivity contribution in [1.29, 1.82) is 0 Å². The molecule has 0 heterocycles. The van der Waals surface area contributed by atoms with Gasteiger partial charge in [-0.3, -0.25) is 4.79 Å². The van der Waals surface area contributed by atoms with E-state index >= 15 is 0 Å². The number of carboxylic acids is 1. The molecular weight excluding hydrogens is 168 g/mol. The zero-order chi connectivity index (χ0) is 7.82. The predicted molar refractivity (Wildman–Crippen MR) is 47.1 cm³/mol. The van der Waals surface area contributed by atoms with Crippen molar-refractivity contribution in [2.45, 2.75) is 13.3 Å². The summed E-state index contributed by atoms with van der Waals surface area (Å²) in [6, 6.07) is 0. The second-order valence-corrected chi connectivity index (χ2v) is 3.92. The monoisotopic (exact) mass is 178 g/mol. The summed E-state index contributed by atoms with van der Waals surface area (Å²) in [4.78, 5) is 9.99. The van der Waals surface area contributed by atoms with Gasteiger partial charge in [-0.2, -0.15) is 0 Å². The van der Waals surface area contributed by atoms with Crippen LogP contribution in [0.2, 0.25) is 0 Å². The molecule has 0 aromatic heterocycles. The smallest absolute Gasteiger partial charge is 0.304 e. The van der Waals surface area contributed by atoms with Crippen molar-refractivity contribution >= 4 is 27.6 Å². The molecule has 0 aromatic carbocycles. The van der Waals surface area contributed by atoms with Gasteiger partial charge in [0.15, 0.2) is 0 Å². The summed E-state index contributed by atoms with van der Waals surface area (Å²) >= 11 is 0. The van der Waals surface area contributed by atoms with Crippen molar-refractivity contribution in [2.75, 3.05) is 5.75 Å². The molecule has 58 valence electrons. The van der Waals surface area contributed by atoms with E-state index in [-0.39, 0.29) is 6.42 Å². The highest BCUT2D eigenvalue weighted by atomic mass is 33.1. The lowest BCUT2D eigenvalue weighted by Gasteiger charge is -1.91. The summed E-state index contributed by atoms with van der Waals surface area (Å²) in [6.45, 7) is 1.94. The number of aliphatic carboxylic acids is 1. The molecule has 0 spiro atoms. The molecule has 4 heteroatoms. The van der Waals surface area contributed by atoms with E-state index in [1.807, 2.05) is 18.4 Å². The third-order valence-corrected chi connectivity index (χ3v) is 2.79. The second kappa shape index (κ2) is 7.02. The number of allylic oxidation sites excluding steroid dienone is 1. The molecule has 0 aliphatic heterocycles. The molecule has 0 fully saturated rings. The van der Waals surface area contributed by atoms with Gasteiger partial charge < -0.3 is 5.11 Å². The van der Waals surface area contributed by atoms with E-state index in [0.717, 1.165) is 0 Å². The normalized spacial score (nSPS) is 10.5. The van der Waals surface area contributed by atoms with E-state index in [0.29, 0.717) is 5.75 Å². The van der Waals surface area contributed by atoms with Crippen LogP contribution in [0.3, 0.4) is 0 Å². The van der Waals surface area contributed by atoms with Gasteiger partial charge in [0.25, 0.3) is 0 Å². The largest absolute Gasteiger partial charge is 0.481 e. The van der Waals surface area contributed by atoms with Crippen molar-refractivity contribution in [3.05, 3.63) is 11.5 Å². The molecule has 0 radical (unpaired) electrons. The van der Waals surface area contributed by atoms with Crippen LogP contribution in [0.5, 0.6) is 0 Å². The highest BCUT2D eigenvalue weighted by Crippen LogP contribution is 2.22. The van der Waals surface area contributed by atoms with Gasteiger partial charge in [-0.05, 0) is 12.3 Å². The van der Waals surface area contributed by atoms with E-state index in [9.17, 15) is 4.79 Å². The first-order valence-electron chi connectivity index (χ1n) is 2.88. The Morgan fingerprint density at radius 2 is 2.40 bits per heavy atom. The van der Waals surface area contributed by atoms with Crippen molar-refractivity contribution < 1.29 is 9.90 Å². The van der Waals surface area contributed by atoms with Crippen LogP contribution in [0, 0.1) is 0 Å². The van der Waals surface area contributed by atoms with Crippen molar-refractivity contribution in [3.63, 3.8) is 0 Å². The summed E-state index contributed by atoms with van der Waals surface area (Å²) in [6.07, 6.45) is 2.17. The van der Waals surface area contributed by atoms with Crippen LogP contribution in [-0.4, -0.2) is 16.8 Å². The molecule has 0 saturated heterocycles. The third kappa shape index (κ3) is 7.91. The first-order valence-corrected chi connectivity index (χ1v) is 5.27. The lowest BCUT2D eigenvalue weighted by Crippen LogP contribution is -1.94. The van der Waals surface area contributed by atoms with Crippen LogP contribution in [0.25, 0.3) is 0 Å². The minimum Gasteiger partial charge on any atom is -0.481 e. The molecule has 0 aliphatic carbocycles. The Bertz CT molecular complexity index is 123. The Labute approximate surface area is 68.5 Å². The van der Waals surface area contributed by atoms with E-state index in [1.165, 1.54) is 0 Å². The lowest BCUT2D eigenvalue weighted by atomic mass is 10.5. The maximum atomic E-state index is 9.99. The van der Waals surface area contributed by atoms with E-state index in [1.54, 1.807) is 21.6 Å². The van der Waals surface area contributed by atoms with E-state index in [4.69, 9.17) is 5.11 Å². The molecule has 2 nitrogen and oxygen atoms in total. The Morgan fingerprint density at radius 3 is 2.90 bits per heavy atom. The van der Waals surface area contributed by atoms with Gasteiger partial charge in [-0.15, -0.1) is 0 Å². The van der Waals surface area contributed by atoms with Crippen LogP contribution < -0.4 is 0 Å². The van der Waals surface area contributed by atoms with Gasteiger partial charge in [0.2, 0.25) is 0 Å². The fraction of sp³-hybridized carbons (Fsp3) is 0.500. The lowest BCUT2D eigenvalue weighted by molar-refractivity contribution is -0.136. The van der Waals surface area contributed by atoms with E-state index in [2.05, 4.69) is 0 Å². The van der Waals surface area contributed by atoms with Gasteiger partial charge in [0.1, 0.15) is 0 Å². The number of hydrogen-bond acceptors (Lipinski definition) is 3. The summed E-state index contributed by atoms with van der Waals surface area (Å²) in [7, 11) is 3.12. The summed E-state index contributed by atoms with van der Waals surface area (Å²) in [5, 5.41) is 10.2. The number of hydrogen-bond donors (Lipinski definition) is 1. The molecule has 0 bridgehead atoms. The summed E-state index contributed by atoms with van der Waals surface area (Å²) in [5.74, 6) is -0.0572. The van der Waals surface area contributed by atoms with Gasteiger partial charge in [-0.1, -0.05) is 27.7 Å². The fourth-order valence-corrected chi connectivity index (χ4v) is 1.92. The zero-order valence-corrected chi connectivity index (χ0v) is 7.37. The van der Waals surface area contributed by atoms with Crippen LogP contribution >= 0.6 is 21.6 Å². The average molecular weight is 178 g/mol. The van der Waals surface area contributed by atoms with Crippen molar-refractivity contribution in [1.82, 2.24) is 0 Å². The van der Waals surface area contributed by atoms with Crippen LogP contribution in [0.1, 0.15) is 13.3 Å². The average Bonchev–Trinajstić information content (AvgIpc) is 1.87. The molecule has 0 rings (SSSR count). The Kier molecular flexibility index (Phi) is 6.96. The second-order valence-electron chi connectivity index (χ2n) is 1.53. The Balaban J connectivity index is 2.98. The molecular formula is C6H10O2S2. The number of carbonyl (C=O) groups is 1. The Morgan fingerprint density at radius 1 is 1.70 bits per heavy atom. The minimum atomic E-state index is -0.728. The number of rotatable bonds is 5. The molecule has 0 amide bonds. The molecule has 0 aromatic rings. The molecule has 0 atom stereocenters. The maximum Gasteiger partial charge on any atom is 0.304 e. The maximum absolute atomic E-state index is 9.99. The van der Waals surface area contributed by atoms with Crippen LogP contribution in [0.15, 0.2) is 11.5 Å². The molecule has 0 unspecified atom stereocenters. The highest BCUT2D eigenvalue weighted by Gasteiger charge is 1.94. The van der Waals surface area contributed by atoms with Crippen LogP contribution in [-0.2, 0) is 4.79 Å². The predicted octanol–water partition coefficient (Wildman–Crippen LogP) is 2.38. The van der Waals surface area contributed by atoms with Gasteiger partial charge >= 0.3 is 5.97 Å². The Hall–Kier alpha value is -0.0900. The van der Waals surface area contributed by atoms with Crippen LogP contribution in [0.4, 0.5) is 0 Å². The molecule has 0 saturated carbocycles. The zero-order valence-electron chi connectivity index (χ0n) is 5.74. The molecule has 0 aliphatic rings. The highest BCUT2D eigenvalue weighted by molar-refractivity contribution is 8.77. The fourth-order valence-electron chi connectivity index (χ4n) is 0.272. The third-order valence-electron chi connectivity index (χ3n) is 0.659. The molecule has 1 N–H and O–H groups in total. The first-order chi connectivity index (χ1) is 4.77. The first kappa shape index (κ1) is 9.91. The SMILES string of the molecule is C/C=C/SSCCC(=O)O. The quantitative estimate of drug-likeness (QED) is 0.518. The van der Waals surface area contributed by atoms with Gasteiger partial charge in [-0.25, -0.2) is 0 Å². The summed E-state index contributed by atoms with van der Waals surface area (Å²) < 4.78 is 0. The molecule has 10 heavy (non-hydrogen) atoms. The topological polar surface area (TPSA) is 37.3 Å². The number of carboxylic acid groups (broad SMARTS) is 1.